The molecule has 0 radical (unpaired) electrons. The summed E-state index contributed by atoms with van der Waals surface area (Å²) >= 11 is 0. The molecule has 90 valence electrons. The van der Waals surface area contributed by atoms with Crippen LogP contribution in [-0.2, 0) is 13.0 Å². The Bertz CT molecular complexity index is 536. The van der Waals surface area contributed by atoms with Crippen LogP contribution in [0.25, 0.3) is 0 Å². The van der Waals surface area contributed by atoms with Gasteiger partial charge in [0.25, 0.3) is 5.56 Å². The van der Waals surface area contributed by atoms with Crippen molar-refractivity contribution in [1.82, 2.24) is 4.57 Å². The fraction of sp³-hybridized carbons (Fsp3) is 0.385. The van der Waals surface area contributed by atoms with E-state index in [1.807, 2.05) is 13.0 Å². The van der Waals surface area contributed by atoms with E-state index in [2.05, 4.69) is 6.58 Å². The highest BCUT2D eigenvalue weighted by atomic mass is 16.3. The van der Waals surface area contributed by atoms with Gasteiger partial charge in [0.15, 0.2) is 5.88 Å². The lowest BCUT2D eigenvalue weighted by Gasteiger charge is -2.14. The molecule has 1 rings (SSSR count). The van der Waals surface area contributed by atoms with E-state index < -0.39 is 5.56 Å². The monoisotopic (exact) mass is 232 g/mol. The highest BCUT2D eigenvalue weighted by Crippen LogP contribution is 2.22. The van der Waals surface area contributed by atoms with Crippen LogP contribution >= 0.6 is 0 Å². The maximum Gasteiger partial charge on any atom is 0.271 e. The van der Waals surface area contributed by atoms with Crippen molar-refractivity contribution in [2.75, 3.05) is 0 Å². The van der Waals surface area contributed by atoms with Gasteiger partial charge in [-0.1, -0.05) is 13.0 Å². The Labute approximate surface area is 100 Å². The topological polar surface area (TPSA) is 66.0 Å². The van der Waals surface area contributed by atoms with Gasteiger partial charge in [-0.25, -0.2) is 0 Å². The van der Waals surface area contributed by atoms with Gasteiger partial charge in [0, 0.05) is 12.1 Å². The van der Waals surface area contributed by atoms with Crippen LogP contribution in [0.2, 0.25) is 0 Å². The van der Waals surface area contributed by atoms with E-state index in [4.69, 9.17) is 5.26 Å². The molecule has 4 nitrogen and oxygen atoms in total. The summed E-state index contributed by atoms with van der Waals surface area (Å²) in [6.45, 7) is 7.60. The van der Waals surface area contributed by atoms with Gasteiger partial charge >= 0.3 is 0 Å². The molecule has 0 aliphatic rings. The standard InChI is InChI=1S/C13H16N2O2/c1-4-6-10-9(3)11(8-14)13(17)15(7-5-2)12(10)16/h4,16H,1,5-7H2,2-3H3. The van der Waals surface area contributed by atoms with E-state index in [1.165, 1.54) is 4.57 Å². The number of nitrogens with zero attached hydrogens (tertiary/aromatic N) is 2. The summed E-state index contributed by atoms with van der Waals surface area (Å²) in [7, 11) is 0. The van der Waals surface area contributed by atoms with Gasteiger partial charge in [-0.15, -0.1) is 6.58 Å². The first-order valence-corrected chi connectivity index (χ1v) is 5.54. The van der Waals surface area contributed by atoms with E-state index in [0.29, 0.717) is 24.1 Å². The summed E-state index contributed by atoms with van der Waals surface area (Å²) in [5, 5.41) is 19.0. The van der Waals surface area contributed by atoms with Crippen molar-refractivity contribution in [2.45, 2.75) is 33.2 Å². The fourth-order valence-corrected chi connectivity index (χ4v) is 1.82. The van der Waals surface area contributed by atoms with Crippen molar-refractivity contribution in [2.24, 2.45) is 0 Å². The lowest BCUT2D eigenvalue weighted by molar-refractivity contribution is 0.398. The molecular weight excluding hydrogens is 216 g/mol. The first-order valence-electron chi connectivity index (χ1n) is 5.54. The highest BCUT2D eigenvalue weighted by molar-refractivity contribution is 5.46. The number of aromatic hydroxyl groups is 1. The predicted molar refractivity (Wildman–Crippen MR) is 66.0 cm³/mol. The first-order chi connectivity index (χ1) is 8.08. The molecule has 4 heteroatoms. The summed E-state index contributed by atoms with van der Waals surface area (Å²) in [6.07, 6.45) is 2.80. The Morgan fingerprint density at radius 2 is 2.24 bits per heavy atom. The summed E-state index contributed by atoms with van der Waals surface area (Å²) in [6, 6.07) is 1.91. The van der Waals surface area contributed by atoms with Crippen LogP contribution < -0.4 is 5.56 Å². The molecule has 0 unspecified atom stereocenters. The van der Waals surface area contributed by atoms with Gasteiger partial charge in [0.1, 0.15) is 11.6 Å². The second-order valence-electron chi connectivity index (χ2n) is 3.86. The van der Waals surface area contributed by atoms with E-state index >= 15 is 0 Å². The molecule has 1 aromatic heterocycles. The zero-order valence-corrected chi connectivity index (χ0v) is 10.2. The van der Waals surface area contributed by atoms with Crippen LogP contribution in [0.4, 0.5) is 0 Å². The zero-order valence-electron chi connectivity index (χ0n) is 10.2. The first kappa shape index (κ1) is 13.0. The van der Waals surface area contributed by atoms with Crippen LogP contribution in [0, 0.1) is 18.3 Å². The zero-order chi connectivity index (χ0) is 13.0. The molecule has 0 atom stereocenters. The van der Waals surface area contributed by atoms with Gasteiger partial charge in [-0.2, -0.15) is 5.26 Å². The molecule has 17 heavy (non-hydrogen) atoms. The number of allylic oxidation sites excluding steroid dienone is 1. The van der Waals surface area contributed by atoms with Crippen LogP contribution in [0.1, 0.15) is 30.0 Å². The second-order valence-corrected chi connectivity index (χ2v) is 3.86. The summed E-state index contributed by atoms with van der Waals surface area (Å²) in [5.41, 5.74) is 0.831. The van der Waals surface area contributed by atoms with Crippen molar-refractivity contribution in [3.05, 3.63) is 39.7 Å². The molecule has 1 heterocycles. The van der Waals surface area contributed by atoms with Gasteiger partial charge in [-0.05, 0) is 25.3 Å². The van der Waals surface area contributed by atoms with Gasteiger partial charge < -0.3 is 5.11 Å². The van der Waals surface area contributed by atoms with Crippen LogP contribution in [0.5, 0.6) is 5.88 Å². The third-order valence-corrected chi connectivity index (χ3v) is 2.72. The quantitative estimate of drug-likeness (QED) is 0.806. The summed E-state index contributed by atoms with van der Waals surface area (Å²) in [4.78, 5) is 11.9. The highest BCUT2D eigenvalue weighted by Gasteiger charge is 2.17. The van der Waals surface area contributed by atoms with Crippen molar-refractivity contribution < 1.29 is 5.11 Å². The molecule has 0 spiro atoms. The third-order valence-electron chi connectivity index (χ3n) is 2.72. The summed E-state index contributed by atoms with van der Waals surface area (Å²) in [5.74, 6) is -0.0479. The van der Waals surface area contributed by atoms with Gasteiger partial charge in [0.2, 0.25) is 0 Å². The maximum absolute atomic E-state index is 11.9. The van der Waals surface area contributed by atoms with Gasteiger partial charge in [-0.3, -0.25) is 9.36 Å². The molecule has 0 aliphatic heterocycles. The normalized spacial score (nSPS) is 9.94. The Balaban J connectivity index is 3.64. The van der Waals surface area contributed by atoms with Crippen molar-refractivity contribution in [3.63, 3.8) is 0 Å². The molecule has 0 amide bonds. The second kappa shape index (κ2) is 5.35. The molecule has 1 aromatic rings. The number of hydrogen-bond acceptors (Lipinski definition) is 3. The molecule has 0 fully saturated rings. The molecule has 1 N–H and O–H groups in total. The Morgan fingerprint density at radius 1 is 1.59 bits per heavy atom. The lowest BCUT2D eigenvalue weighted by Crippen LogP contribution is -2.25. The van der Waals surface area contributed by atoms with Crippen LogP contribution in [-0.4, -0.2) is 9.67 Å². The van der Waals surface area contributed by atoms with Crippen molar-refractivity contribution >= 4 is 0 Å². The number of rotatable bonds is 4. The van der Waals surface area contributed by atoms with Crippen LogP contribution in [0.15, 0.2) is 17.4 Å². The molecule has 0 aliphatic carbocycles. The van der Waals surface area contributed by atoms with Crippen molar-refractivity contribution in [3.8, 4) is 11.9 Å². The van der Waals surface area contributed by atoms with E-state index in [-0.39, 0.29) is 11.4 Å². The molecule has 0 saturated heterocycles. The predicted octanol–water partition coefficient (Wildman–Crippen LogP) is 1.87. The Hall–Kier alpha value is -2.02. The van der Waals surface area contributed by atoms with E-state index in [1.54, 1.807) is 13.0 Å². The number of nitriles is 1. The van der Waals surface area contributed by atoms with Crippen LogP contribution in [0.3, 0.4) is 0 Å². The van der Waals surface area contributed by atoms with Gasteiger partial charge in [0.05, 0.1) is 0 Å². The molecule has 0 aromatic carbocycles. The average Bonchev–Trinajstić information content (AvgIpc) is 2.31. The van der Waals surface area contributed by atoms with Crippen molar-refractivity contribution in [1.29, 1.82) is 5.26 Å². The average molecular weight is 232 g/mol. The smallest absolute Gasteiger partial charge is 0.271 e. The number of hydrogen-bond donors (Lipinski definition) is 1. The molecular formula is C13H16N2O2. The third kappa shape index (κ3) is 2.23. The minimum atomic E-state index is -0.419. The SMILES string of the molecule is C=CCc1c(C)c(C#N)c(=O)n(CCC)c1O. The molecule has 0 bridgehead atoms. The van der Waals surface area contributed by atoms with E-state index in [0.717, 1.165) is 6.42 Å². The Morgan fingerprint density at radius 3 is 2.71 bits per heavy atom. The largest absolute Gasteiger partial charge is 0.494 e. The number of aromatic nitrogens is 1. The van der Waals surface area contributed by atoms with E-state index in [9.17, 15) is 9.90 Å². The molecule has 0 saturated carbocycles. The minimum Gasteiger partial charge on any atom is -0.494 e. The Kier molecular flexibility index (Phi) is 4.11. The minimum absolute atomic E-state index is 0.0479. The summed E-state index contributed by atoms with van der Waals surface area (Å²) < 4.78 is 1.25. The fourth-order valence-electron chi connectivity index (χ4n) is 1.82. The number of pyridine rings is 1. The lowest BCUT2D eigenvalue weighted by atomic mass is 10.0. The maximum atomic E-state index is 11.9.